The van der Waals surface area contributed by atoms with Crippen molar-refractivity contribution in [2.75, 3.05) is 11.9 Å². The number of carbonyl (C=O) groups excluding carboxylic acids is 1. The van der Waals surface area contributed by atoms with E-state index in [9.17, 15) is 23.1 Å². The minimum atomic E-state index is -4.56. The molecule has 2 aromatic carbocycles. The average molecular weight is 593 g/mol. The van der Waals surface area contributed by atoms with Crippen LogP contribution in [0.15, 0.2) is 94.9 Å². The number of nitrogens with one attached hydrogen (secondary N) is 1. The number of amides is 1. The van der Waals surface area contributed by atoms with Gasteiger partial charge in [0.25, 0.3) is 5.91 Å². The van der Waals surface area contributed by atoms with E-state index in [1.165, 1.54) is 29.7 Å². The number of pyridine rings is 1. The lowest BCUT2D eigenvalue weighted by molar-refractivity contribution is -0.137. The lowest BCUT2D eigenvalue weighted by atomic mass is 9.83. The predicted octanol–water partition coefficient (Wildman–Crippen LogP) is 6.88. The first-order valence-electron chi connectivity index (χ1n) is 13.2. The van der Waals surface area contributed by atoms with E-state index in [1.807, 2.05) is 30.3 Å². The molecule has 7 nitrogen and oxygen atoms in total. The van der Waals surface area contributed by atoms with Crippen molar-refractivity contribution < 1.29 is 27.8 Å². The number of halogens is 3. The Bertz CT molecular complexity index is 1570. The normalized spacial score (nSPS) is 14.7. The standard InChI is InChI=1S/C31H27F3N4O3S/c32-31(33,34)23-9-4-8-22(16-23)30(40,14-5-15-41-18-21-6-2-1-3-7-21)28-13-12-26(38-28)25-11-10-24(17-35-25)37-29(39)27-19-42-20-36-27/h1-4,6-12,16-17,19-20,40H,5,13-15,18H2,(H,37,39). The fraction of sp³-hybridized carbons (Fsp3) is 0.226. The smallest absolute Gasteiger partial charge is 0.379 e. The molecule has 1 aliphatic heterocycles. The monoisotopic (exact) mass is 592 g/mol. The Balaban J connectivity index is 1.32. The van der Waals surface area contributed by atoms with Crippen LogP contribution >= 0.6 is 11.3 Å². The van der Waals surface area contributed by atoms with Gasteiger partial charge in [0.15, 0.2) is 0 Å². The van der Waals surface area contributed by atoms with Gasteiger partial charge in [-0.1, -0.05) is 48.5 Å². The largest absolute Gasteiger partial charge is 0.416 e. The van der Waals surface area contributed by atoms with Crippen molar-refractivity contribution in [3.05, 3.63) is 118 Å². The Morgan fingerprint density at radius 3 is 2.55 bits per heavy atom. The second kappa shape index (κ2) is 12.8. The molecule has 1 unspecified atom stereocenters. The van der Waals surface area contributed by atoms with Crippen LogP contribution in [-0.4, -0.2) is 33.3 Å². The van der Waals surface area contributed by atoms with Crippen LogP contribution in [0.2, 0.25) is 0 Å². The number of thiazole rings is 1. The molecule has 0 fully saturated rings. The third kappa shape index (κ3) is 6.99. The Kier molecular flexibility index (Phi) is 8.91. The van der Waals surface area contributed by atoms with Gasteiger partial charge in [-0.3, -0.25) is 14.8 Å². The van der Waals surface area contributed by atoms with Crippen LogP contribution in [0.4, 0.5) is 18.9 Å². The Labute approximate surface area is 244 Å². The van der Waals surface area contributed by atoms with Crippen LogP contribution in [0, 0.1) is 0 Å². The molecule has 3 heterocycles. The molecule has 0 radical (unpaired) electrons. The molecule has 0 spiro atoms. The van der Waals surface area contributed by atoms with Crippen LogP contribution in [0.1, 0.15) is 52.1 Å². The van der Waals surface area contributed by atoms with E-state index in [4.69, 9.17) is 4.74 Å². The van der Waals surface area contributed by atoms with Crippen molar-refractivity contribution in [1.82, 2.24) is 9.97 Å². The molecule has 1 atom stereocenters. The summed E-state index contributed by atoms with van der Waals surface area (Å²) < 4.78 is 46.4. The van der Waals surface area contributed by atoms with Crippen molar-refractivity contribution in [3.63, 3.8) is 0 Å². The predicted molar refractivity (Wildman–Crippen MR) is 155 cm³/mol. The Morgan fingerprint density at radius 2 is 1.83 bits per heavy atom. The molecule has 2 aromatic heterocycles. The summed E-state index contributed by atoms with van der Waals surface area (Å²) in [5.74, 6) is -0.356. The summed E-state index contributed by atoms with van der Waals surface area (Å²) in [4.78, 5) is 25.2. The number of ether oxygens (including phenoxy) is 1. The number of alkyl halides is 3. The van der Waals surface area contributed by atoms with Crippen LogP contribution in [0.5, 0.6) is 0 Å². The number of aromatic nitrogens is 2. The van der Waals surface area contributed by atoms with Crippen LogP contribution in [-0.2, 0) is 23.1 Å². The molecule has 0 saturated carbocycles. The number of aliphatic hydroxyl groups is 1. The summed E-state index contributed by atoms with van der Waals surface area (Å²) in [6.45, 7) is 0.695. The molecule has 0 bridgehead atoms. The number of benzene rings is 2. The zero-order chi connectivity index (χ0) is 29.6. The fourth-order valence-corrected chi connectivity index (χ4v) is 5.13. The SMILES string of the molecule is O=C(Nc1ccc(C2=CCC(C(O)(CCCOCc3ccccc3)c3cccc(C(F)(F)F)c3)=N2)nc1)c1cscn1. The van der Waals surface area contributed by atoms with Gasteiger partial charge < -0.3 is 15.2 Å². The van der Waals surface area contributed by atoms with Crippen molar-refractivity contribution in [2.24, 2.45) is 4.99 Å². The van der Waals surface area contributed by atoms with E-state index >= 15 is 0 Å². The Hall–Kier alpha value is -4.19. The molecular formula is C31H27F3N4O3S. The summed E-state index contributed by atoms with van der Waals surface area (Å²) in [5, 5.41) is 16.3. The molecule has 216 valence electrons. The zero-order valence-corrected chi connectivity index (χ0v) is 23.2. The van der Waals surface area contributed by atoms with Crippen LogP contribution in [0.25, 0.3) is 5.70 Å². The van der Waals surface area contributed by atoms with Gasteiger partial charge >= 0.3 is 6.18 Å². The maximum absolute atomic E-state index is 13.5. The number of hydrogen-bond acceptors (Lipinski definition) is 7. The van der Waals surface area contributed by atoms with Crippen molar-refractivity contribution in [3.8, 4) is 0 Å². The van der Waals surface area contributed by atoms with Crippen LogP contribution in [0.3, 0.4) is 0 Å². The number of aliphatic imine (C=N–C) groups is 1. The quantitative estimate of drug-likeness (QED) is 0.185. The van der Waals surface area contributed by atoms with Gasteiger partial charge in [-0.25, -0.2) is 4.98 Å². The minimum Gasteiger partial charge on any atom is -0.379 e. The average Bonchev–Trinajstić information content (AvgIpc) is 3.71. The molecule has 5 rings (SSSR count). The van der Waals surface area contributed by atoms with Gasteiger partial charge in [0.1, 0.15) is 11.3 Å². The van der Waals surface area contributed by atoms with E-state index in [0.29, 0.717) is 48.1 Å². The van der Waals surface area contributed by atoms with Crippen molar-refractivity contribution >= 4 is 34.3 Å². The fourth-order valence-electron chi connectivity index (χ4n) is 4.59. The number of carbonyl (C=O) groups is 1. The third-order valence-electron chi connectivity index (χ3n) is 6.78. The first-order valence-corrected chi connectivity index (χ1v) is 14.1. The van der Waals surface area contributed by atoms with Crippen molar-refractivity contribution in [1.29, 1.82) is 0 Å². The van der Waals surface area contributed by atoms with Gasteiger partial charge in [0, 0.05) is 18.4 Å². The summed E-state index contributed by atoms with van der Waals surface area (Å²) in [6, 6.07) is 17.7. The van der Waals surface area contributed by atoms with Crippen LogP contribution < -0.4 is 5.32 Å². The Morgan fingerprint density at radius 1 is 1.02 bits per heavy atom. The van der Waals surface area contributed by atoms with E-state index < -0.39 is 17.3 Å². The molecule has 0 aliphatic carbocycles. The minimum absolute atomic E-state index is 0.109. The summed E-state index contributed by atoms with van der Waals surface area (Å²) in [6.07, 6.45) is -0.571. The first-order chi connectivity index (χ1) is 20.2. The number of allylic oxidation sites excluding steroid dienone is 1. The van der Waals surface area contributed by atoms with E-state index in [0.717, 1.165) is 17.7 Å². The molecular weight excluding hydrogens is 565 g/mol. The van der Waals surface area contributed by atoms with Gasteiger partial charge in [-0.15, -0.1) is 11.3 Å². The number of anilines is 1. The highest BCUT2D eigenvalue weighted by Crippen LogP contribution is 2.38. The molecule has 1 aliphatic rings. The lowest BCUT2D eigenvalue weighted by Gasteiger charge is -2.30. The van der Waals surface area contributed by atoms with E-state index in [1.54, 1.807) is 29.1 Å². The highest BCUT2D eigenvalue weighted by Gasteiger charge is 2.39. The molecule has 1 amide bonds. The number of rotatable bonds is 11. The first kappa shape index (κ1) is 29.3. The van der Waals surface area contributed by atoms with Gasteiger partial charge in [0.2, 0.25) is 0 Å². The van der Waals surface area contributed by atoms with E-state index in [-0.39, 0.29) is 24.3 Å². The van der Waals surface area contributed by atoms with Crippen molar-refractivity contribution in [2.45, 2.75) is 37.6 Å². The molecule has 42 heavy (non-hydrogen) atoms. The topological polar surface area (TPSA) is 96.7 Å². The lowest BCUT2D eigenvalue weighted by Crippen LogP contribution is -2.35. The summed E-state index contributed by atoms with van der Waals surface area (Å²) in [5.41, 5.74) is 2.15. The van der Waals surface area contributed by atoms with Gasteiger partial charge in [0.05, 0.1) is 46.7 Å². The molecule has 2 N–H and O–H groups in total. The van der Waals surface area contributed by atoms with Gasteiger partial charge in [-0.05, 0) is 48.2 Å². The summed E-state index contributed by atoms with van der Waals surface area (Å²) >= 11 is 1.31. The highest BCUT2D eigenvalue weighted by molar-refractivity contribution is 7.07. The zero-order valence-electron chi connectivity index (χ0n) is 22.3. The number of nitrogens with zero attached hydrogens (tertiary/aromatic N) is 3. The summed E-state index contributed by atoms with van der Waals surface area (Å²) in [7, 11) is 0. The second-order valence-electron chi connectivity index (χ2n) is 9.69. The molecule has 0 saturated heterocycles. The maximum Gasteiger partial charge on any atom is 0.416 e. The highest BCUT2D eigenvalue weighted by atomic mass is 32.1. The number of hydrogen-bond donors (Lipinski definition) is 2. The van der Waals surface area contributed by atoms with E-state index in [2.05, 4.69) is 20.3 Å². The maximum atomic E-state index is 13.5. The third-order valence-corrected chi connectivity index (χ3v) is 7.36. The second-order valence-corrected chi connectivity index (χ2v) is 10.4. The molecule has 4 aromatic rings. The van der Waals surface area contributed by atoms with Gasteiger partial charge in [-0.2, -0.15) is 13.2 Å². The molecule has 11 heteroatoms.